The van der Waals surface area contributed by atoms with E-state index in [2.05, 4.69) is 36.3 Å². The summed E-state index contributed by atoms with van der Waals surface area (Å²) in [5.74, 6) is 1.24. The van der Waals surface area contributed by atoms with E-state index in [9.17, 15) is 4.79 Å². The van der Waals surface area contributed by atoms with Crippen LogP contribution in [0, 0.1) is 13.8 Å². The van der Waals surface area contributed by atoms with Crippen LogP contribution in [0.3, 0.4) is 0 Å². The van der Waals surface area contributed by atoms with Gasteiger partial charge in [-0.1, -0.05) is 52.7 Å². The van der Waals surface area contributed by atoms with Gasteiger partial charge in [0.05, 0.1) is 29.5 Å². The summed E-state index contributed by atoms with van der Waals surface area (Å²) in [4.78, 5) is 15.5. The van der Waals surface area contributed by atoms with Gasteiger partial charge in [0, 0.05) is 23.5 Å². The van der Waals surface area contributed by atoms with Crippen LogP contribution in [0.15, 0.2) is 77.6 Å². The molecule has 1 amide bonds. The van der Waals surface area contributed by atoms with Gasteiger partial charge in [-0.05, 0) is 44.2 Å². The number of halogens is 1. The Balaban J connectivity index is 1.39. The van der Waals surface area contributed by atoms with Crippen LogP contribution in [0.1, 0.15) is 32.9 Å². The highest BCUT2D eigenvalue weighted by atomic mass is 35.5. The summed E-state index contributed by atoms with van der Waals surface area (Å²) in [6.45, 7) is 4.64. The van der Waals surface area contributed by atoms with Gasteiger partial charge in [0.2, 0.25) is 0 Å². The van der Waals surface area contributed by atoms with Crippen molar-refractivity contribution in [3.8, 4) is 22.8 Å². The van der Waals surface area contributed by atoms with E-state index in [1.54, 1.807) is 17.9 Å². The monoisotopic (exact) mass is 483 g/mol. The van der Waals surface area contributed by atoms with Gasteiger partial charge in [0.15, 0.2) is 0 Å². The average Bonchev–Trinajstić information content (AvgIpc) is 3.63. The molecule has 35 heavy (non-hydrogen) atoms. The number of aromatic nitrogens is 4. The molecule has 7 nitrogen and oxygen atoms in total. The van der Waals surface area contributed by atoms with E-state index in [-0.39, 0.29) is 5.91 Å². The largest absolute Gasteiger partial charge is 0.360 e. The Morgan fingerprint density at radius 3 is 2.46 bits per heavy atom. The fraction of sp³-hybridized carbons (Fsp3) is 0.148. The molecule has 0 saturated carbocycles. The van der Waals surface area contributed by atoms with Crippen molar-refractivity contribution in [1.29, 1.82) is 0 Å². The van der Waals surface area contributed by atoms with E-state index in [4.69, 9.17) is 21.2 Å². The molecule has 0 spiro atoms. The van der Waals surface area contributed by atoms with Crippen molar-refractivity contribution in [2.75, 3.05) is 0 Å². The quantitative estimate of drug-likeness (QED) is 0.326. The Morgan fingerprint density at radius 2 is 1.71 bits per heavy atom. The van der Waals surface area contributed by atoms with Crippen LogP contribution in [0.2, 0.25) is 5.02 Å². The first-order valence-electron chi connectivity index (χ1n) is 11.3. The molecule has 0 fully saturated rings. The number of aryl methyl sites for hydroxylation is 2. The summed E-state index contributed by atoms with van der Waals surface area (Å²) in [7, 11) is 0. The highest BCUT2D eigenvalue weighted by molar-refractivity contribution is 6.33. The zero-order valence-corrected chi connectivity index (χ0v) is 20.0. The summed E-state index contributed by atoms with van der Waals surface area (Å²) in [5, 5.41) is 9.60. The molecule has 1 aliphatic rings. The standard InChI is InChI=1S/C27H22ClN5O2/c1-17-9-11-19(12-10-17)33-26(31-13-5-6-14-31)21-15-32(16-23(21)29-33)27(34)24-18(2)35-30-25(24)20-7-3-4-8-22(20)28/h3-14H,15-16H2,1-2H3. The number of carbonyl (C=O) groups is 1. The molecule has 0 bridgehead atoms. The fourth-order valence-electron chi connectivity index (χ4n) is 4.57. The van der Waals surface area contributed by atoms with Crippen LogP contribution >= 0.6 is 11.6 Å². The van der Waals surface area contributed by atoms with Crippen molar-refractivity contribution in [3.63, 3.8) is 0 Å². The molecule has 0 unspecified atom stereocenters. The summed E-state index contributed by atoms with van der Waals surface area (Å²) >= 11 is 6.40. The minimum atomic E-state index is -0.156. The van der Waals surface area contributed by atoms with E-state index in [1.165, 1.54) is 5.56 Å². The third kappa shape index (κ3) is 3.56. The first kappa shape index (κ1) is 21.4. The van der Waals surface area contributed by atoms with Gasteiger partial charge < -0.3 is 14.0 Å². The predicted molar refractivity (Wildman–Crippen MR) is 133 cm³/mol. The van der Waals surface area contributed by atoms with E-state index in [0.29, 0.717) is 40.7 Å². The van der Waals surface area contributed by atoms with Crippen molar-refractivity contribution in [3.05, 3.63) is 106 Å². The molecule has 5 aromatic rings. The second-order valence-electron chi connectivity index (χ2n) is 8.69. The molecule has 0 radical (unpaired) electrons. The number of rotatable bonds is 4. The van der Waals surface area contributed by atoms with Gasteiger partial charge in [-0.2, -0.15) is 5.10 Å². The molecule has 174 valence electrons. The Morgan fingerprint density at radius 1 is 0.971 bits per heavy atom. The molecule has 0 saturated heterocycles. The average molecular weight is 484 g/mol. The lowest BCUT2D eigenvalue weighted by atomic mass is 10.1. The maximum atomic E-state index is 13.7. The Labute approximate surface area is 207 Å². The van der Waals surface area contributed by atoms with Crippen LogP contribution in [0.5, 0.6) is 0 Å². The number of hydrogen-bond acceptors (Lipinski definition) is 4. The predicted octanol–water partition coefficient (Wildman–Crippen LogP) is 5.74. The van der Waals surface area contributed by atoms with Crippen molar-refractivity contribution in [1.82, 2.24) is 24.4 Å². The Kier molecular flexibility index (Phi) is 5.07. The van der Waals surface area contributed by atoms with Gasteiger partial charge in [0.1, 0.15) is 22.8 Å². The smallest absolute Gasteiger partial charge is 0.260 e. The molecule has 4 heterocycles. The molecule has 1 aliphatic heterocycles. The van der Waals surface area contributed by atoms with Crippen LogP contribution in [0.4, 0.5) is 0 Å². The molecule has 0 aliphatic carbocycles. The van der Waals surface area contributed by atoms with Crippen molar-refractivity contribution in [2.24, 2.45) is 0 Å². The highest BCUT2D eigenvalue weighted by Crippen LogP contribution is 2.35. The minimum absolute atomic E-state index is 0.156. The van der Waals surface area contributed by atoms with Crippen LogP contribution in [0.25, 0.3) is 22.8 Å². The molecule has 6 rings (SSSR count). The molecule has 0 N–H and O–H groups in total. The summed E-state index contributed by atoms with van der Waals surface area (Å²) < 4.78 is 9.42. The van der Waals surface area contributed by atoms with E-state index >= 15 is 0 Å². The third-order valence-electron chi connectivity index (χ3n) is 6.35. The van der Waals surface area contributed by atoms with Crippen LogP contribution < -0.4 is 0 Å². The van der Waals surface area contributed by atoms with Gasteiger partial charge in [-0.3, -0.25) is 4.79 Å². The molecular weight excluding hydrogens is 462 g/mol. The SMILES string of the molecule is Cc1ccc(-n2nc3c(c2-n2cccc2)CN(C(=O)c2c(-c4ccccc4Cl)noc2C)C3)cc1. The second-order valence-corrected chi connectivity index (χ2v) is 9.10. The van der Waals surface area contributed by atoms with Crippen molar-refractivity contribution < 1.29 is 9.32 Å². The third-order valence-corrected chi connectivity index (χ3v) is 6.68. The fourth-order valence-corrected chi connectivity index (χ4v) is 4.80. The summed E-state index contributed by atoms with van der Waals surface area (Å²) in [6.07, 6.45) is 3.98. The van der Waals surface area contributed by atoms with Gasteiger partial charge in [0.25, 0.3) is 5.91 Å². The lowest BCUT2D eigenvalue weighted by molar-refractivity contribution is 0.0748. The number of fused-ring (bicyclic) bond motifs is 1. The lowest BCUT2D eigenvalue weighted by Gasteiger charge is -2.18. The highest BCUT2D eigenvalue weighted by Gasteiger charge is 2.35. The van der Waals surface area contributed by atoms with Crippen molar-refractivity contribution >= 4 is 17.5 Å². The minimum Gasteiger partial charge on any atom is -0.360 e. The number of amides is 1. The molecule has 2 aromatic carbocycles. The molecule has 0 atom stereocenters. The lowest BCUT2D eigenvalue weighted by Crippen LogP contribution is -2.27. The zero-order valence-electron chi connectivity index (χ0n) is 19.3. The number of hydrogen-bond donors (Lipinski definition) is 0. The van der Waals surface area contributed by atoms with Crippen LogP contribution in [-0.4, -0.2) is 30.3 Å². The molecule has 3 aromatic heterocycles. The zero-order chi connectivity index (χ0) is 24.1. The number of carbonyl (C=O) groups excluding carboxylic acids is 1. The first-order chi connectivity index (χ1) is 17.0. The second kappa shape index (κ2) is 8.29. The summed E-state index contributed by atoms with van der Waals surface area (Å²) in [6, 6.07) is 19.5. The topological polar surface area (TPSA) is 69.1 Å². The first-order valence-corrected chi connectivity index (χ1v) is 11.7. The van der Waals surface area contributed by atoms with Gasteiger partial charge in [-0.25, -0.2) is 4.68 Å². The van der Waals surface area contributed by atoms with Gasteiger partial charge >= 0.3 is 0 Å². The van der Waals surface area contributed by atoms with E-state index in [1.807, 2.05) is 52.0 Å². The Hall–Kier alpha value is -4.10. The van der Waals surface area contributed by atoms with Gasteiger partial charge in [-0.15, -0.1) is 0 Å². The number of nitrogens with zero attached hydrogens (tertiary/aromatic N) is 5. The van der Waals surface area contributed by atoms with Crippen LogP contribution in [-0.2, 0) is 13.1 Å². The molecule has 8 heteroatoms. The van der Waals surface area contributed by atoms with Crippen molar-refractivity contribution in [2.45, 2.75) is 26.9 Å². The van der Waals surface area contributed by atoms with E-state index in [0.717, 1.165) is 22.8 Å². The Bertz CT molecular complexity index is 1550. The summed E-state index contributed by atoms with van der Waals surface area (Å²) in [5.41, 5.74) is 5.60. The van der Waals surface area contributed by atoms with E-state index < -0.39 is 0 Å². The normalized spacial score (nSPS) is 12.8. The molecular formula is C27H22ClN5O2. The maximum absolute atomic E-state index is 13.7. The maximum Gasteiger partial charge on any atom is 0.260 e. The number of benzene rings is 2.